The van der Waals surface area contributed by atoms with Crippen molar-refractivity contribution in [2.75, 3.05) is 4.72 Å². The molecule has 2 rings (SSSR count). The fourth-order valence-electron chi connectivity index (χ4n) is 1.22. The predicted octanol–water partition coefficient (Wildman–Crippen LogP) is 1.72. The number of hydrogen-bond donors (Lipinski definition) is 2. The van der Waals surface area contributed by atoms with Gasteiger partial charge in [-0.3, -0.25) is 4.72 Å². The van der Waals surface area contributed by atoms with Gasteiger partial charge in [0, 0.05) is 0 Å². The van der Waals surface area contributed by atoms with Crippen molar-refractivity contribution in [1.29, 1.82) is 0 Å². The minimum atomic E-state index is -3.77. The van der Waals surface area contributed by atoms with Crippen LogP contribution in [0.25, 0.3) is 0 Å². The molecule has 0 unspecified atom stereocenters. The van der Waals surface area contributed by atoms with Crippen molar-refractivity contribution in [3.8, 4) is 0 Å². The lowest BCUT2D eigenvalue weighted by atomic mass is 10.5. The second kappa shape index (κ2) is 5.19. The average molecular weight is 317 g/mol. The van der Waals surface area contributed by atoms with E-state index in [1.54, 1.807) is 0 Å². The maximum absolute atomic E-state index is 12.7. The van der Waals surface area contributed by atoms with Crippen LogP contribution < -0.4 is 10.5 Å². The Morgan fingerprint density at radius 2 is 2.11 bits per heavy atom. The molecular weight excluding hydrogens is 309 g/mol. The first-order chi connectivity index (χ1) is 8.88. The van der Waals surface area contributed by atoms with Crippen LogP contribution in [0.15, 0.2) is 34.7 Å². The largest absolute Gasteiger partial charge is 0.389 e. The van der Waals surface area contributed by atoms with E-state index < -0.39 is 15.8 Å². The Kier molecular flexibility index (Phi) is 3.78. The summed E-state index contributed by atoms with van der Waals surface area (Å²) in [7, 11) is -3.77. The zero-order valence-corrected chi connectivity index (χ0v) is 11.8. The smallest absolute Gasteiger partial charge is 0.272 e. The van der Waals surface area contributed by atoms with Crippen molar-refractivity contribution in [2.45, 2.75) is 4.21 Å². The van der Waals surface area contributed by atoms with Gasteiger partial charge in [0.05, 0.1) is 11.1 Å². The van der Waals surface area contributed by atoms with Crippen LogP contribution in [0.1, 0.15) is 4.88 Å². The van der Waals surface area contributed by atoms with Crippen molar-refractivity contribution >= 4 is 44.4 Å². The zero-order chi connectivity index (χ0) is 14.0. The van der Waals surface area contributed by atoms with Gasteiger partial charge in [-0.05, 0) is 24.3 Å². The van der Waals surface area contributed by atoms with Crippen molar-refractivity contribution in [3.63, 3.8) is 0 Å². The minimum Gasteiger partial charge on any atom is -0.389 e. The number of thiocarbonyl (C=S) groups is 1. The molecule has 2 aromatic rings. The van der Waals surface area contributed by atoms with Gasteiger partial charge in [0.2, 0.25) is 0 Å². The second-order valence-electron chi connectivity index (χ2n) is 3.45. The summed E-state index contributed by atoms with van der Waals surface area (Å²) in [5.41, 5.74) is 5.41. The summed E-state index contributed by atoms with van der Waals surface area (Å²) in [5, 5.41) is 0. The normalized spacial score (nSPS) is 11.2. The Hall–Kier alpha value is -1.58. The number of thiophene rings is 1. The third-order valence-electron chi connectivity index (χ3n) is 2.06. The van der Waals surface area contributed by atoms with Crippen LogP contribution in [0, 0.1) is 5.82 Å². The van der Waals surface area contributed by atoms with E-state index in [-0.39, 0.29) is 15.0 Å². The van der Waals surface area contributed by atoms with Crippen LogP contribution in [-0.2, 0) is 10.0 Å². The molecule has 3 N–H and O–H groups in total. The molecule has 19 heavy (non-hydrogen) atoms. The van der Waals surface area contributed by atoms with Crippen LogP contribution in [-0.4, -0.2) is 18.4 Å². The van der Waals surface area contributed by atoms with Crippen molar-refractivity contribution in [1.82, 2.24) is 4.98 Å². The Labute approximate surface area is 118 Å². The first-order valence-electron chi connectivity index (χ1n) is 4.92. The SMILES string of the molecule is NC(=S)c1ccc(S(=O)(=O)Nc2ccc(F)cn2)s1. The lowest BCUT2D eigenvalue weighted by Crippen LogP contribution is -2.12. The van der Waals surface area contributed by atoms with Gasteiger partial charge in [-0.2, -0.15) is 0 Å². The molecule has 0 fully saturated rings. The first kappa shape index (κ1) is 13.8. The minimum absolute atomic E-state index is 0.0340. The third kappa shape index (κ3) is 3.25. The molecule has 0 radical (unpaired) electrons. The molecule has 0 saturated carbocycles. The van der Waals surface area contributed by atoms with E-state index >= 15 is 0 Å². The Morgan fingerprint density at radius 1 is 1.37 bits per heavy atom. The number of nitrogens with one attached hydrogen (secondary N) is 1. The maximum Gasteiger partial charge on any atom is 0.272 e. The number of nitrogens with two attached hydrogens (primary N) is 1. The summed E-state index contributed by atoms with van der Waals surface area (Å²) in [6.45, 7) is 0. The highest BCUT2D eigenvalue weighted by Gasteiger charge is 2.18. The summed E-state index contributed by atoms with van der Waals surface area (Å²) < 4.78 is 39.0. The number of halogens is 1. The number of aromatic nitrogens is 1. The van der Waals surface area contributed by atoms with Crippen LogP contribution in [0.2, 0.25) is 0 Å². The van der Waals surface area contributed by atoms with Crippen LogP contribution in [0.3, 0.4) is 0 Å². The van der Waals surface area contributed by atoms with Gasteiger partial charge in [0.15, 0.2) is 0 Å². The standard InChI is InChI=1S/C10H8FN3O2S3/c11-6-1-3-8(13-5-6)14-19(15,16)9-4-2-7(18-9)10(12)17/h1-5H,(H2,12,17)(H,13,14). The second-order valence-corrected chi connectivity index (χ2v) is 6.88. The lowest BCUT2D eigenvalue weighted by molar-refractivity contribution is 0.602. The molecule has 9 heteroatoms. The highest BCUT2D eigenvalue weighted by atomic mass is 32.2. The predicted molar refractivity (Wildman–Crippen MR) is 75.2 cm³/mol. The molecule has 0 atom stereocenters. The molecule has 0 spiro atoms. The maximum atomic E-state index is 12.7. The van der Waals surface area contributed by atoms with Crippen LogP contribution in [0.4, 0.5) is 10.2 Å². The number of anilines is 1. The molecule has 2 aromatic heterocycles. The Morgan fingerprint density at radius 3 is 2.63 bits per heavy atom. The average Bonchev–Trinajstić information content (AvgIpc) is 2.82. The summed E-state index contributed by atoms with van der Waals surface area (Å²) >= 11 is 5.71. The van der Waals surface area contributed by atoms with Gasteiger partial charge < -0.3 is 5.73 Å². The Bertz CT molecular complexity index is 710. The zero-order valence-electron chi connectivity index (χ0n) is 9.33. The number of pyridine rings is 1. The molecule has 0 aliphatic rings. The summed E-state index contributed by atoms with van der Waals surface area (Å²) in [6, 6.07) is 5.26. The highest BCUT2D eigenvalue weighted by Crippen LogP contribution is 2.23. The Balaban J connectivity index is 2.26. The van der Waals surface area contributed by atoms with E-state index in [2.05, 4.69) is 9.71 Å². The van der Waals surface area contributed by atoms with E-state index in [0.717, 1.165) is 23.6 Å². The number of rotatable bonds is 4. The van der Waals surface area contributed by atoms with Crippen molar-refractivity contribution in [2.24, 2.45) is 5.73 Å². The van der Waals surface area contributed by atoms with E-state index in [9.17, 15) is 12.8 Å². The van der Waals surface area contributed by atoms with E-state index in [4.69, 9.17) is 18.0 Å². The molecule has 0 amide bonds. The van der Waals surface area contributed by atoms with Crippen LogP contribution >= 0.6 is 23.6 Å². The monoisotopic (exact) mass is 317 g/mol. The van der Waals surface area contributed by atoms with Gasteiger partial charge in [0.1, 0.15) is 20.8 Å². The third-order valence-corrected chi connectivity index (χ3v) is 5.37. The van der Waals surface area contributed by atoms with E-state index in [1.807, 2.05) is 0 Å². The van der Waals surface area contributed by atoms with E-state index in [0.29, 0.717) is 4.88 Å². The molecule has 0 bridgehead atoms. The molecular formula is C10H8FN3O2S3. The fraction of sp³-hybridized carbons (Fsp3) is 0. The highest BCUT2D eigenvalue weighted by molar-refractivity contribution is 7.94. The quantitative estimate of drug-likeness (QED) is 0.839. The summed E-state index contributed by atoms with van der Waals surface area (Å²) in [6.07, 6.45) is 0.923. The molecule has 0 aromatic carbocycles. The molecule has 100 valence electrons. The number of nitrogens with zero attached hydrogens (tertiary/aromatic N) is 1. The molecule has 0 saturated heterocycles. The first-order valence-corrected chi connectivity index (χ1v) is 7.63. The van der Waals surface area contributed by atoms with Crippen molar-refractivity contribution in [3.05, 3.63) is 41.2 Å². The van der Waals surface area contributed by atoms with Crippen molar-refractivity contribution < 1.29 is 12.8 Å². The van der Waals surface area contributed by atoms with Gasteiger partial charge >= 0.3 is 0 Å². The van der Waals surface area contributed by atoms with Gasteiger partial charge in [-0.1, -0.05) is 12.2 Å². The number of hydrogen-bond acceptors (Lipinski definition) is 5. The lowest BCUT2D eigenvalue weighted by Gasteiger charge is -2.04. The van der Waals surface area contributed by atoms with E-state index in [1.165, 1.54) is 18.2 Å². The molecule has 5 nitrogen and oxygen atoms in total. The van der Waals surface area contributed by atoms with Gasteiger partial charge in [-0.25, -0.2) is 17.8 Å². The molecule has 0 aliphatic carbocycles. The fourth-order valence-corrected chi connectivity index (χ4v) is 3.58. The summed E-state index contributed by atoms with van der Waals surface area (Å²) in [4.78, 5) is 4.25. The van der Waals surface area contributed by atoms with Crippen LogP contribution in [0.5, 0.6) is 0 Å². The van der Waals surface area contributed by atoms with Gasteiger partial charge in [-0.15, -0.1) is 11.3 Å². The molecule has 0 aliphatic heterocycles. The molecule has 2 heterocycles. The number of sulfonamides is 1. The topological polar surface area (TPSA) is 85.1 Å². The van der Waals surface area contributed by atoms with Gasteiger partial charge in [0.25, 0.3) is 10.0 Å². The summed E-state index contributed by atoms with van der Waals surface area (Å²) in [5.74, 6) is -0.512.